The first-order chi connectivity index (χ1) is 10.2. The molecule has 0 spiro atoms. The van der Waals surface area contributed by atoms with Crippen LogP contribution < -0.4 is 9.46 Å². The number of aromatic nitrogens is 1. The van der Waals surface area contributed by atoms with Crippen LogP contribution in [0.5, 0.6) is 11.6 Å². The standard InChI is InChI=1S/C15H17BrN2O3S/c1-15(2,3)18-22(19,20)13-7-5-12(6-8-13)21-14-9-4-11(16)10-17-14/h4-10,18H,1-3H3. The van der Waals surface area contributed by atoms with Gasteiger partial charge in [0.15, 0.2) is 0 Å². The molecule has 1 aromatic carbocycles. The summed E-state index contributed by atoms with van der Waals surface area (Å²) in [5.41, 5.74) is -0.532. The topological polar surface area (TPSA) is 68.3 Å². The SMILES string of the molecule is CC(C)(C)NS(=O)(=O)c1ccc(Oc2ccc(Br)cn2)cc1. The minimum atomic E-state index is -3.54. The fourth-order valence-electron chi connectivity index (χ4n) is 1.69. The van der Waals surface area contributed by atoms with E-state index in [2.05, 4.69) is 25.6 Å². The van der Waals surface area contributed by atoms with Crippen molar-refractivity contribution >= 4 is 26.0 Å². The molecule has 5 nitrogen and oxygen atoms in total. The van der Waals surface area contributed by atoms with Crippen molar-refractivity contribution in [2.75, 3.05) is 0 Å². The molecule has 0 saturated heterocycles. The van der Waals surface area contributed by atoms with E-state index >= 15 is 0 Å². The molecule has 0 unspecified atom stereocenters. The van der Waals surface area contributed by atoms with E-state index < -0.39 is 15.6 Å². The molecule has 0 amide bonds. The number of sulfonamides is 1. The normalized spacial score (nSPS) is 12.2. The van der Waals surface area contributed by atoms with Crippen molar-refractivity contribution in [1.82, 2.24) is 9.71 Å². The molecule has 0 atom stereocenters. The van der Waals surface area contributed by atoms with Gasteiger partial charge in [-0.2, -0.15) is 0 Å². The molecule has 0 aliphatic carbocycles. The second-order valence-electron chi connectivity index (χ2n) is 5.74. The van der Waals surface area contributed by atoms with Crippen molar-refractivity contribution in [2.24, 2.45) is 0 Å². The molecule has 0 aliphatic heterocycles. The van der Waals surface area contributed by atoms with Gasteiger partial charge >= 0.3 is 0 Å². The maximum Gasteiger partial charge on any atom is 0.241 e. The lowest BCUT2D eigenvalue weighted by atomic mass is 10.1. The van der Waals surface area contributed by atoms with Crippen LogP contribution in [0.4, 0.5) is 0 Å². The summed E-state index contributed by atoms with van der Waals surface area (Å²) >= 11 is 3.29. The average Bonchev–Trinajstić information content (AvgIpc) is 2.39. The summed E-state index contributed by atoms with van der Waals surface area (Å²) in [7, 11) is -3.54. The molecule has 0 bridgehead atoms. The third-order valence-electron chi connectivity index (χ3n) is 2.50. The fourth-order valence-corrected chi connectivity index (χ4v) is 3.35. The molecule has 1 heterocycles. The maximum absolute atomic E-state index is 12.2. The van der Waals surface area contributed by atoms with Crippen molar-refractivity contribution in [1.29, 1.82) is 0 Å². The van der Waals surface area contributed by atoms with E-state index in [0.717, 1.165) is 4.47 Å². The van der Waals surface area contributed by atoms with Crippen molar-refractivity contribution in [3.05, 3.63) is 47.1 Å². The highest BCUT2D eigenvalue weighted by molar-refractivity contribution is 9.10. The molecule has 2 aromatic rings. The summed E-state index contributed by atoms with van der Waals surface area (Å²) < 4.78 is 33.4. The second kappa shape index (κ2) is 6.36. The lowest BCUT2D eigenvalue weighted by molar-refractivity contribution is 0.462. The molecule has 0 fully saturated rings. The van der Waals surface area contributed by atoms with Crippen LogP contribution in [-0.2, 0) is 10.0 Å². The van der Waals surface area contributed by atoms with Crippen LogP contribution in [0.2, 0.25) is 0 Å². The predicted molar refractivity (Wildman–Crippen MR) is 88.5 cm³/mol. The molecule has 118 valence electrons. The first-order valence-electron chi connectivity index (χ1n) is 6.59. The van der Waals surface area contributed by atoms with Crippen LogP contribution in [0, 0.1) is 0 Å². The monoisotopic (exact) mass is 384 g/mol. The van der Waals surface area contributed by atoms with Gasteiger partial charge in [-0.25, -0.2) is 18.1 Å². The molecular weight excluding hydrogens is 368 g/mol. The lowest BCUT2D eigenvalue weighted by Gasteiger charge is -2.20. The van der Waals surface area contributed by atoms with Crippen LogP contribution in [0.25, 0.3) is 0 Å². The number of hydrogen-bond donors (Lipinski definition) is 1. The van der Waals surface area contributed by atoms with Gasteiger partial charge in [-0.15, -0.1) is 0 Å². The van der Waals surface area contributed by atoms with Gasteiger partial charge in [0.1, 0.15) is 5.75 Å². The van der Waals surface area contributed by atoms with Gasteiger partial charge in [-0.05, 0) is 67.0 Å². The molecule has 1 aromatic heterocycles. The molecule has 7 heteroatoms. The van der Waals surface area contributed by atoms with Crippen molar-refractivity contribution in [3.8, 4) is 11.6 Å². The smallest absolute Gasteiger partial charge is 0.241 e. The molecule has 2 rings (SSSR count). The maximum atomic E-state index is 12.2. The predicted octanol–water partition coefficient (Wildman–Crippen LogP) is 3.71. The Kier molecular flexibility index (Phi) is 4.89. The van der Waals surface area contributed by atoms with Gasteiger partial charge < -0.3 is 4.74 Å². The Balaban J connectivity index is 2.15. The number of benzene rings is 1. The van der Waals surface area contributed by atoms with E-state index in [1.807, 2.05) is 6.07 Å². The van der Waals surface area contributed by atoms with Gasteiger partial charge in [-0.3, -0.25) is 0 Å². The first-order valence-corrected chi connectivity index (χ1v) is 8.87. The van der Waals surface area contributed by atoms with Crippen molar-refractivity contribution in [3.63, 3.8) is 0 Å². The Morgan fingerprint density at radius 1 is 1.09 bits per heavy atom. The number of pyridine rings is 1. The number of rotatable bonds is 4. The average molecular weight is 385 g/mol. The van der Waals surface area contributed by atoms with Gasteiger partial charge in [0.2, 0.25) is 15.9 Å². The Labute approximate surface area is 138 Å². The summed E-state index contributed by atoms with van der Waals surface area (Å²) in [6.07, 6.45) is 1.63. The largest absolute Gasteiger partial charge is 0.439 e. The number of ether oxygens (including phenoxy) is 1. The molecule has 0 saturated carbocycles. The zero-order chi connectivity index (χ0) is 16.4. The van der Waals surface area contributed by atoms with Gasteiger partial charge in [0.05, 0.1) is 4.90 Å². The number of nitrogens with one attached hydrogen (secondary N) is 1. The van der Waals surface area contributed by atoms with Crippen LogP contribution in [0.15, 0.2) is 52.0 Å². The highest BCUT2D eigenvalue weighted by Gasteiger charge is 2.21. The summed E-state index contributed by atoms with van der Waals surface area (Å²) in [5.74, 6) is 0.955. The van der Waals surface area contributed by atoms with E-state index in [0.29, 0.717) is 11.6 Å². The van der Waals surface area contributed by atoms with Crippen molar-refractivity contribution < 1.29 is 13.2 Å². The highest BCUT2D eigenvalue weighted by Crippen LogP contribution is 2.22. The Hall–Kier alpha value is -1.44. The minimum Gasteiger partial charge on any atom is -0.439 e. The Morgan fingerprint density at radius 2 is 1.73 bits per heavy atom. The molecule has 0 aliphatic rings. The number of nitrogens with zero attached hydrogens (tertiary/aromatic N) is 1. The summed E-state index contributed by atoms with van der Waals surface area (Å²) in [4.78, 5) is 4.29. The third kappa shape index (κ3) is 4.79. The molecular formula is C15H17BrN2O3S. The van der Waals surface area contributed by atoms with Crippen molar-refractivity contribution in [2.45, 2.75) is 31.2 Å². The lowest BCUT2D eigenvalue weighted by Crippen LogP contribution is -2.40. The van der Waals surface area contributed by atoms with Gasteiger partial charge in [-0.1, -0.05) is 0 Å². The van der Waals surface area contributed by atoms with Gasteiger partial charge in [0, 0.05) is 22.3 Å². The minimum absolute atomic E-state index is 0.193. The highest BCUT2D eigenvalue weighted by atomic mass is 79.9. The molecule has 0 radical (unpaired) electrons. The Bertz CT molecular complexity index is 736. The first kappa shape index (κ1) is 16.9. The van der Waals surface area contributed by atoms with E-state index in [4.69, 9.17) is 4.74 Å². The summed E-state index contributed by atoms with van der Waals surface area (Å²) in [5, 5.41) is 0. The van der Waals surface area contributed by atoms with Crippen LogP contribution in [0.1, 0.15) is 20.8 Å². The van der Waals surface area contributed by atoms with Crippen LogP contribution >= 0.6 is 15.9 Å². The van der Waals surface area contributed by atoms with E-state index in [1.165, 1.54) is 12.1 Å². The van der Waals surface area contributed by atoms with E-state index in [9.17, 15) is 8.42 Å². The second-order valence-corrected chi connectivity index (χ2v) is 8.34. The molecule has 22 heavy (non-hydrogen) atoms. The Morgan fingerprint density at radius 3 is 2.23 bits per heavy atom. The van der Waals surface area contributed by atoms with Crippen LogP contribution in [0.3, 0.4) is 0 Å². The quantitative estimate of drug-likeness (QED) is 0.871. The summed E-state index contributed by atoms with van der Waals surface area (Å²) in [6, 6.07) is 9.73. The summed E-state index contributed by atoms with van der Waals surface area (Å²) in [6.45, 7) is 5.38. The molecule has 1 N–H and O–H groups in total. The van der Waals surface area contributed by atoms with Gasteiger partial charge in [0.25, 0.3) is 0 Å². The van der Waals surface area contributed by atoms with Crippen LogP contribution in [-0.4, -0.2) is 18.9 Å². The fraction of sp³-hybridized carbons (Fsp3) is 0.267. The van der Waals surface area contributed by atoms with E-state index in [1.54, 1.807) is 45.2 Å². The van der Waals surface area contributed by atoms with E-state index in [-0.39, 0.29) is 4.90 Å². The third-order valence-corrected chi connectivity index (χ3v) is 4.74. The zero-order valence-corrected chi connectivity index (χ0v) is 14.9. The number of hydrogen-bond acceptors (Lipinski definition) is 4. The zero-order valence-electron chi connectivity index (χ0n) is 12.5. The number of halogens is 1.